The van der Waals surface area contributed by atoms with Crippen LogP contribution in [-0.2, 0) is 19.1 Å². The molecule has 0 aromatic heterocycles. The van der Waals surface area contributed by atoms with Gasteiger partial charge in [0, 0.05) is 24.3 Å². The second kappa shape index (κ2) is 7.14. The van der Waals surface area contributed by atoms with E-state index in [9.17, 15) is 27.6 Å². The number of carboxylic acid groups (broad SMARTS) is 1. The maximum absolute atomic E-state index is 12.9. The zero-order valence-corrected chi connectivity index (χ0v) is 13.6. The molecular formula is C14H16F3NO5S. The highest BCUT2D eigenvalue weighted by Crippen LogP contribution is 2.38. The lowest BCUT2D eigenvalue weighted by atomic mass is 10.0. The highest BCUT2D eigenvalue weighted by atomic mass is 32.2. The Hall–Kier alpha value is -1.55. The minimum Gasteiger partial charge on any atom is -0.481 e. The average molecular weight is 367 g/mol. The van der Waals surface area contributed by atoms with E-state index in [4.69, 9.17) is 9.84 Å². The van der Waals surface area contributed by atoms with Crippen LogP contribution < -0.4 is 0 Å². The summed E-state index contributed by atoms with van der Waals surface area (Å²) in [6.07, 6.45) is -3.52. The summed E-state index contributed by atoms with van der Waals surface area (Å²) in [5.41, 5.74) is -1.37. The van der Waals surface area contributed by atoms with Crippen LogP contribution in [0.3, 0.4) is 0 Å². The van der Waals surface area contributed by atoms with Gasteiger partial charge in [0.1, 0.15) is 5.37 Å². The number of amides is 1. The number of halogens is 3. The first-order valence-electron chi connectivity index (χ1n) is 7.18. The number of aliphatic carboxylic acids is 1. The molecule has 0 aliphatic carbocycles. The third-order valence-electron chi connectivity index (χ3n) is 3.85. The summed E-state index contributed by atoms with van der Waals surface area (Å²) in [5.74, 6) is -4.48. The summed E-state index contributed by atoms with van der Waals surface area (Å²) >= 11 is 0.889. The molecule has 2 rings (SSSR count). The summed E-state index contributed by atoms with van der Waals surface area (Å²) in [4.78, 5) is 36.3. The molecule has 134 valence electrons. The van der Waals surface area contributed by atoms with Crippen molar-refractivity contribution in [1.29, 1.82) is 0 Å². The fourth-order valence-electron chi connectivity index (χ4n) is 2.86. The standard InChI is InChI=1S/C14H16F3NO5S/c1-24-13-10(11(21)14(15,16)17)8(5-9(19)20)12(22)18(13)6-7-3-2-4-23-7/h7,13H,2-6H2,1H3,(H,19,20)/t7-,13+/m1/s1. The predicted octanol–water partition coefficient (Wildman–Crippen LogP) is 1.60. The summed E-state index contributed by atoms with van der Waals surface area (Å²) in [7, 11) is 0. The Morgan fingerprint density at radius 3 is 2.54 bits per heavy atom. The van der Waals surface area contributed by atoms with E-state index >= 15 is 0 Å². The zero-order chi connectivity index (χ0) is 18.1. The molecule has 1 N–H and O–H groups in total. The van der Waals surface area contributed by atoms with Crippen LogP contribution >= 0.6 is 11.8 Å². The third-order valence-corrected chi connectivity index (χ3v) is 4.79. The largest absolute Gasteiger partial charge is 0.481 e. The van der Waals surface area contributed by atoms with Crippen LogP contribution in [0.1, 0.15) is 19.3 Å². The first-order valence-corrected chi connectivity index (χ1v) is 8.47. The number of carboxylic acids is 1. The fraction of sp³-hybridized carbons (Fsp3) is 0.643. The Kier molecular flexibility index (Phi) is 5.59. The Morgan fingerprint density at radius 1 is 1.42 bits per heavy atom. The molecule has 0 spiro atoms. The molecule has 2 aliphatic rings. The highest BCUT2D eigenvalue weighted by molar-refractivity contribution is 7.99. The van der Waals surface area contributed by atoms with Crippen LogP contribution in [0, 0.1) is 0 Å². The molecule has 10 heteroatoms. The van der Waals surface area contributed by atoms with Crippen LogP contribution in [0.15, 0.2) is 11.1 Å². The molecule has 2 aliphatic heterocycles. The fourth-order valence-corrected chi connectivity index (χ4v) is 3.78. The first kappa shape index (κ1) is 18.8. The summed E-state index contributed by atoms with van der Waals surface area (Å²) in [6, 6.07) is 0. The normalized spacial score (nSPS) is 24.8. The number of carbonyl (C=O) groups is 3. The molecule has 0 saturated carbocycles. The Morgan fingerprint density at radius 2 is 2.08 bits per heavy atom. The predicted molar refractivity (Wildman–Crippen MR) is 78.3 cm³/mol. The number of ketones is 1. The van der Waals surface area contributed by atoms with Crippen molar-refractivity contribution in [2.24, 2.45) is 0 Å². The minimum absolute atomic E-state index is 0.0299. The second-order valence-corrected chi connectivity index (χ2v) is 6.39. The van der Waals surface area contributed by atoms with Crippen molar-refractivity contribution in [3.05, 3.63) is 11.1 Å². The van der Waals surface area contributed by atoms with Gasteiger partial charge in [0.15, 0.2) is 0 Å². The van der Waals surface area contributed by atoms with Gasteiger partial charge in [-0.1, -0.05) is 0 Å². The lowest BCUT2D eigenvalue weighted by Crippen LogP contribution is -2.41. The van der Waals surface area contributed by atoms with E-state index in [-0.39, 0.29) is 12.6 Å². The highest BCUT2D eigenvalue weighted by Gasteiger charge is 2.51. The quantitative estimate of drug-likeness (QED) is 0.768. The number of ether oxygens (including phenoxy) is 1. The van der Waals surface area contributed by atoms with Crippen LogP contribution in [-0.4, -0.2) is 64.7 Å². The average Bonchev–Trinajstić information content (AvgIpc) is 3.07. The number of hydrogen-bond acceptors (Lipinski definition) is 5. The lowest BCUT2D eigenvalue weighted by molar-refractivity contribution is -0.166. The molecular weight excluding hydrogens is 351 g/mol. The molecule has 0 aromatic rings. The number of nitrogens with zero attached hydrogens (tertiary/aromatic N) is 1. The number of Topliss-reactive ketones (excluding diaryl/α,β-unsaturated/α-hetero) is 1. The van der Waals surface area contributed by atoms with Gasteiger partial charge < -0.3 is 14.7 Å². The smallest absolute Gasteiger partial charge is 0.454 e. The van der Waals surface area contributed by atoms with Gasteiger partial charge in [-0.2, -0.15) is 13.2 Å². The van der Waals surface area contributed by atoms with Crippen molar-refractivity contribution < 1.29 is 37.4 Å². The molecule has 0 unspecified atom stereocenters. The van der Waals surface area contributed by atoms with Gasteiger partial charge in [-0.3, -0.25) is 14.4 Å². The third kappa shape index (κ3) is 3.75. The summed E-state index contributed by atoms with van der Waals surface area (Å²) in [5, 5.41) is 7.73. The molecule has 1 saturated heterocycles. The summed E-state index contributed by atoms with van der Waals surface area (Å²) < 4.78 is 44.0. The molecule has 1 fully saturated rings. The maximum Gasteiger partial charge on any atom is 0.454 e. The van der Waals surface area contributed by atoms with Gasteiger partial charge in [-0.25, -0.2) is 0 Å². The van der Waals surface area contributed by atoms with Gasteiger partial charge >= 0.3 is 12.1 Å². The Bertz CT molecular complexity index is 583. The van der Waals surface area contributed by atoms with E-state index in [1.807, 2.05) is 0 Å². The molecule has 2 atom stereocenters. The van der Waals surface area contributed by atoms with Crippen molar-refractivity contribution in [3.63, 3.8) is 0 Å². The Balaban J connectivity index is 2.38. The molecule has 0 bridgehead atoms. The monoisotopic (exact) mass is 367 g/mol. The van der Waals surface area contributed by atoms with Crippen LogP contribution in [0.5, 0.6) is 0 Å². The number of hydrogen-bond donors (Lipinski definition) is 1. The van der Waals surface area contributed by atoms with Gasteiger partial charge in [0.2, 0.25) is 0 Å². The van der Waals surface area contributed by atoms with E-state index in [2.05, 4.69) is 0 Å². The van der Waals surface area contributed by atoms with Gasteiger partial charge in [-0.05, 0) is 19.1 Å². The van der Waals surface area contributed by atoms with Gasteiger partial charge in [0.05, 0.1) is 12.5 Å². The van der Waals surface area contributed by atoms with Crippen LogP contribution in [0.2, 0.25) is 0 Å². The minimum atomic E-state index is -5.17. The van der Waals surface area contributed by atoms with Gasteiger partial charge in [-0.15, -0.1) is 11.8 Å². The molecule has 2 heterocycles. The first-order chi connectivity index (χ1) is 11.2. The van der Waals surface area contributed by atoms with E-state index in [1.165, 1.54) is 6.26 Å². The molecule has 24 heavy (non-hydrogen) atoms. The second-order valence-electron chi connectivity index (χ2n) is 5.47. The van der Waals surface area contributed by atoms with Crippen LogP contribution in [0.4, 0.5) is 13.2 Å². The molecule has 6 nitrogen and oxygen atoms in total. The number of carbonyl (C=O) groups excluding carboxylic acids is 2. The van der Waals surface area contributed by atoms with Crippen molar-refractivity contribution in [1.82, 2.24) is 4.90 Å². The van der Waals surface area contributed by atoms with E-state index in [0.29, 0.717) is 13.0 Å². The van der Waals surface area contributed by atoms with Crippen molar-refractivity contribution >= 4 is 29.4 Å². The lowest BCUT2D eigenvalue weighted by Gasteiger charge is -2.27. The van der Waals surface area contributed by atoms with E-state index in [1.54, 1.807) is 0 Å². The number of rotatable bonds is 6. The SMILES string of the molecule is CS[C@H]1C(C(=O)C(F)(F)F)=C(CC(=O)O)C(=O)N1C[C@H]1CCCO1. The van der Waals surface area contributed by atoms with Crippen molar-refractivity contribution in [3.8, 4) is 0 Å². The summed E-state index contributed by atoms with van der Waals surface area (Å²) in [6.45, 7) is 0.530. The molecule has 0 radical (unpaired) electrons. The van der Waals surface area contributed by atoms with E-state index < -0.39 is 46.8 Å². The zero-order valence-electron chi connectivity index (χ0n) is 12.8. The maximum atomic E-state index is 12.9. The van der Waals surface area contributed by atoms with Crippen LogP contribution in [0.25, 0.3) is 0 Å². The van der Waals surface area contributed by atoms with Gasteiger partial charge in [0.25, 0.3) is 11.7 Å². The number of thioether (sulfide) groups is 1. The number of alkyl halides is 3. The Labute approximate surface area is 140 Å². The van der Waals surface area contributed by atoms with Crippen molar-refractivity contribution in [2.45, 2.75) is 36.9 Å². The molecule has 0 aromatic carbocycles. The van der Waals surface area contributed by atoms with E-state index in [0.717, 1.165) is 23.1 Å². The topological polar surface area (TPSA) is 83.9 Å². The molecule has 1 amide bonds. The van der Waals surface area contributed by atoms with Crippen molar-refractivity contribution in [2.75, 3.05) is 19.4 Å².